The van der Waals surface area contributed by atoms with Crippen molar-refractivity contribution in [3.63, 3.8) is 0 Å². The lowest BCUT2D eigenvalue weighted by Crippen LogP contribution is -2.32. The second-order valence-electron chi connectivity index (χ2n) is 8.39. The van der Waals surface area contributed by atoms with Crippen LogP contribution in [0.5, 0.6) is 5.75 Å². The Morgan fingerprint density at radius 2 is 1.86 bits per heavy atom. The summed E-state index contributed by atoms with van der Waals surface area (Å²) < 4.78 is 11.2. The summed E-state index contributed by atoms with van der Waals surface area (Å²) in [6, 6.07) is 8.97. The molecule has 0 spiro atoms. The summed E-state index contributed by atoms with van der Waals surface area (Å²) in [6.45, 7) is 5.59. The fraction of sp³-hybridized carbons (Fsp3) is 0.640. The topological polar surface area (TPSA) is 47.6 Å². The molecule has 1 aromatic carbocycles. The zero-order chi connectivity index (χ0) is 20.5. The van der Waals surface area contributed by atoms with E-state index in [-0.39, 0.29) is 5.97 Å². The third kappa shape index (κ3) is 6.88. The van der Waals surface area contributed by atoms with Crippen LogP contribution in [0.15, 0.2) is 30.3 Å². The molecule has 1 unspecified atom stereocenters. The van der Waals surface area contributed by atoms with Gasteiger partial charge in [0.1, 0.15) is 5.75 Å². The molecule has 0 radical (unpaired) electrons. The number of hydrogen-bond acceptors (Lipinski definition) is 4. The lowest BCUT2D eigenvalue weighted by atomic mass is 9.86. The molecule has 2 aliphatic rings. The van der Waals surface area contributed by atoms with Crippen LogP contribution in [0.25, 0.3) is 5.57 Å². The van der Waals surface area contributed by atoms with Gasteiger partial charge in [-0.15, -0.1) is 0 Å². The Hall–Kier alpha value is -1.81. The van der Waals surface area contributed by atoms with E-state index in [4.69, 9.17) is 9.47 Å². The summed E-state index contributed by atoms with van der Waals surface area (Å²) in [7, 11) is 0. The fourth-order valence-corrected chi connectivity index (χ4v) is 4.50. The van der Waals surface area contributed by atoms with Crippen molar-refractivity contribution in [2.45, 2.75) is 83.8 Å². The molecule has 160 valence electrons. The van der Waals surface area contributed by atoms with Crippen LogP contribution in [0.1, 0.15) is 77.2 Å². The number of esters is 1. The molecule has 0 bridgehead atoms. The molecule has 4 nitrogen and oxygen atoms in total. The van der Waals surface area contributed by atoms with Crippen molar-refractivity contribution in [2.24, 2.45) is 5.92 Å². The van der Waals surface area contributed by atoms with E-state index in [9.17, 15) is 4.79 Å². The van der Waals surface area contributed by atoms with E-state index < -0.39 is 0 Å². The minimum Gasteiger partial charge on any atom is -0.490 e. The van der Waals surface area contributed by atoms with E-state index in [2.05, 4.69) is 42.6 Å². The van der Waals surface area contributed by atoms with Gasteiger partial charge in [-0.05, 0) is 87.6 Å². The number of carbonyl (C=O) groups is 1. The summed E-state index contributed by atoms with van der Waals surface area (Å²) in [6.07, 6.45) is 12.3. The van der Waals surface area contributed by atoms with Crippen LogP contribution in [-0.2, 0) is 9.53 Å². The molecule has 0 amide bonds. The van der Waals surface area contributed by atoms with Crippen molar-refractivity contribution in [1.82, 2.24) is 5.32 Å². The average molecular weight is 400 g/mol. The van der Waals surface area contributed by atoms with Crippen LogP contribution in [0, 0.1) is 5.92 Å². The zero-order valence-corrected chi connectivity index (χ0v) is 18.1. The van der Waals surface area contributed by atoms with Crippen LogP contribution in [0.2, 0.25) is 0 Å². The molecule has 0 saturated heterocycles. The monoisotopic (exact) mass is 399 g/mol. The van der Waals surface area contributed by atoms with Gasteiger partial charge in [-0.3, -0.25) is 4.79 Å². The maximum absolute atomic E-state index is 11.5. The molecule has 4 heteroatoms. The normalized spacial score (nSPS) is 24.6. The third-order valence-corrected chi connectivity index (χ3v) is 6.30. The van der Waals surface area contributed by atoms with Crippen molar-refractivity contribution in [3.05, 3.63) is 35.9 Å². The van der Waals surface area contributed by atoms with Gasteiger partial charge < -0.3 is 14.8 Å². The highest BCUT2D eigenvalue weighted by atomic mass is 16.5. The molecule has 1 N–H and O–H groups in total. The largest absolute Gasteiger partial charge is 0.490 e. The first kappa shape index (κ1) is 21.9. The van der Waals surface area contributed by atoms with Gasteiger partial charge in [-0.25, -0.2) is 0 Å². The second-order valence-corrected chi connectivity index (χ2v) is 8.39. The second kappa shape index (κ2) is 11.4. The van der Waals surface area contributed by atoms with Crippen molar-refractivity contribution >= 4 is 11.5 Å². The lowest BCUT2D eigenvalue weighted by molar-refractivity contribution is -0.143. The smallest absolute Gasteiger partial charge is 0.305 e. The number of rotatable bonds is 9. The van der Waals surface area contributed by atoms with Gasteiger partial charge in [0.25, 0.3) is 0 Å². The molecule has 1 saturated carbocycles. The highest BCUT2D eigenvalue weighted by molar-refractivity contribution is 5.69. The van der Waals surface area contributed by atoms with Gasteiger partial charge in [-0.1, -0.05) is 31.6 Å². The van der Waals surface area contributed by atoms with Crippen molar-refractivity contribution in [2.75, 3.05) is 13.2 Å². The van der Waals surface area contributed by atoms with Gasteiger partial charge in [0, 0.05) is 12.5 Å². The zero-order valence-electron chi connectivity index (χ0n) is 18.1. The standard InChI is InChI=1S/C25H37NO3/c1-3-19-8-12-23(13-9-19)29-24-14-10-20(11-15-24)21-16-17-26-22(18-21)6-5-7-25(27)28-4-2/h10-11,14-15,18-19,22-23,26H,3-9,12-13,16-17H2,1-2H3. The Kier molecular flexibility index (Phi) is 8.60. The third-order valence-electron chi connectivity index (χ3n) is 6.30. The lowest BCUT2D eigenvalue weighted by Gasteiger charge is -2.28. The fourth-order valence-electron chi connectivity index (χ4n) is 4.50. The van der Waals surface area contributed by atoms with Crippen LogP contribution >= 0.6 is 0 Å². The molecule has 1 aromatic rings. The van der Waals surface area contributed by atoms with E-state index in [0.29, 0.717) is 25.2 Å². The van der Waals surface area contributed by atoms with E-state index in [1.54, 1.807) is 0 Å². The van der Waals surface area contributed by atoms with E-state index in [0.717, 1.165) is 37.5 Å². The Bertz CT molecular complexity index is 659. The maximum Gasteiger partial charge on any atom is 0.305 e. The van der Waals surface area contributed by atoms with Crippen molar-refractivity contribution in [3.8, 4) is 5.75 Å². The number of carbonyl (C=O) groups excluding carboxylic acids is 1. The van der Waals surface area contributed by atoms with Crippen LogP contribution in [0.3, 0.4) is 0 Å². The maximum atomic E-state index is 11.5. The average Bonchev–Trinajstić information content (AvgIpc) is 2.75. The quantitative estimate of drug-likeness (QED) is 0.556. The minimum absolute atomic E-state index is 0.0914. The molecule has 1 fully saturated rings. The highest BCUT2D eigenvalue weighted by Gasteiger charge is 2.21. The predicted molar refractivity (Wildman–Crippen MR) is 118 cm³/mol. The Morgan fingerprint density at radius 1 is 1.10 bits per heavy atom. The number of nitrogens with one attached hydrogen (secondary N) is 1. The van der Waals surface area contributed by atoms with Gasteiger partial charge in [0.2, 0.25) is 0 Å². The summed E-state index contributed by atoms with van der Waals surface area (Å²) in [4.78, 5) is 11.5. The minimum atomic E-state index is -0.0914. The molecule has 3 rings (SSSR count). The van der Waals surface area contributed by atoms with Crippen LogP contribution in [0.4, 0.5) is 0 Å². The molecular formula is C25H37NO3. The molecule has 1 aliphatic carbocycles. The van der Waals surface area contributed by atoms with E-state index >= 15 is 0 Å². The van der Waals surface area contributed by atoms with Crippen molar-refractivity contribution in [1.29, 1.82) is 0 Å². The van der Waals surface area contributed by atoms with Gasteiger partial charge >= 0.3 is 5.97 Å². The number of ether oxygens (including phenoxy) is 2. The summed E-state index contributed by atoms with van der Waals surface area (Å²) >= 11 is 0. The summed E-state index contributed by atoms with van der Waals surface area (Å²) in [5.74, 6) is 1.80. The first-order chi connectivity index (χ1) is 14.2. The van der Waals surface area contributed by atoms with Crippen LogP contribution in [-0.4, -0.2) is 31.3 Å². The molecule has 0 aromatic heterocycles. The Labute approximate surface area is 176 Å². The van der Waals surface area contributed by atoms with Crippen LogP contribution < -0.4 is 10.1 Å². The van der Waals surface area contributed by atoms with Gasteiger partial charge in [0.05, 0.1) is 12.7 Å². The van der Waals surface area contributed by atoms with Gasteiger partial charge in [0.15, 0.2) is 0 Å². The van der Waals surface area contributed by atoms with Crippen molar-refractivity contribution < 1.29 is 14.3 Å². The molecule has 1 aliphatic heterocycles. The first-order valence-electron chi connectivity index (χ1n) is 11.5. The number of hydrogen-bond donors (Lipinski definition) is 1. The molecular weight excluding hydrogens is 362 g/mol. The Morgan fingerprint density at radius 3 is 2.55 bits per heavy atom. The highest BCUT2D eigenvalue weighted by Crippen LogP contribution is 2.30. The SMILES string of the molecule is CCOC(=O)CCCC1C=C(c2ccc(OC3CCC(CC)CC3)cc2)CCN1. The van der Waals surface area contributed by atoms with E-state index in [1.807, 2.05) is 6.92 Å². The number of benzene rings is 1. The first-order valence-corrected chi connectivity index (χ1v) is 11.5. The van der Waals surface area contributed by atoms with E-state index in [1.165, 1.54) is 43.2 Å². The van der Waals surface area contributed by atoms with Gasteiger partial charge in [-0.2, -0.15) is 0 Å². The molecule has 1 atom stereocenters. The Balaban J connectivity index is 1.49. The summed E-state index contributed by atoms with van der Waals surface area (Å²) in [5.41, 5.74) is 2.67. The molecule has 1 heterocycles. The molecule has 29 heavy (non-hydrogen) atoms. The predicted octanol–water partition coefficient (Wildman–Crippen LogP) is 5.51. The summed E-state index contributed by atoms with van der Waals surface area (Å²) in [5, 5.41) is 3.55.